The molecule has 1 aromatic rings. The minimum Gasteiger partial charge on any atom is -0.310 e. The molecule has 0 saturated heterocycles. The molecule has 0 bridgehead atoms. The number of likely N-dealkylation sites (N-methyl/N-ethyl adjacent to an activating group) is 1. The van der Waals surface area contributed by atoms with E-state index in [0.29, 0.717) is 0 Å². The molecular formula is C14H25N3. The summed E-state index contributed by atoms with van der Waals surface area (Å²) in [4.78, 5) is 6.67. The molecule has 0 aliphatic rings. The first kappa shape index (κ1) is 14.1. The van der Waals surface area contributed by atoms with Crippen LogP contribution in [-0.2, 0) is 6.54 Å². The molecule has 1 aromatic heterocycles. The molecule has 96 valence electrons. The lowest BCUT2D eigenvalue weighted by Gasteiger charge is -2.16. The normalized spacial score (nSPS) is 11.0. The van der Waals surface area contributed by atoms with Crippen molar-refractivity contribution in [2.75, 3.05) is 26.7 Å². The van der Waals surface area contributed by atoms with Crippen LogP contribution in [0.15, 0.2) is 24.4 Å². The van der Waals surface area contributed by atoms with E-state index in [-0.39, 0.29) is 0 Å². The van der Waals surface area contributed by atoms with Crippen molar-refractivity contribution in [2.45, 2.75) is 32.7 Å². The lowest BCUT2D eigenvalue weighted by molar-refractivity contribution is 0.322. The first-order valence-electron chi connectivity index (χ1n) is 6.62. The minimum absolute atomic E-state index is 0.865. The van der Waals surface area contributed by atoms with Crippen molar-refractivity contribution in [3.63, 3.8) is 0 Å². The highest BCUT2D eigenvalue weighted by Gasteiger charge is 1.97. The molecule has 0 aliphatic heterocycles. The molecule has 1 heterocycles. The minimum atomic E-state index is 0.865. The van der Waals surface area contributed by atoms with Crippen molar-refractivity contribution >= 4 is 0 Å². The van der Waals surface area contributed by atoms with Gasteiger partial charge in [0.2, 0.25) is 0 Å². The summed E-state index contributed by atoms with van der Waals surface area (Å²) in [6, 6.07) is 6.03. The summed E-state index contributed by atoms with van der Waals surface area (Å²) in [5.74, 6) is 0. The third-order valence-electron chi connectivity index (χ3n) is 2.85. The zero-order valence-corrected chi connectivity index (χ0v) is 11.2. The van der Waals surface area contributed by atoms with Gasteiger partial charge in [-0.2, -0.15) is 0 Å². The van der Waals surface area contributed by atoms with Crippen LogP contribution in [0.1, 0.15) is 31.9 Å². The van der Waals surface area contributed by atoms with Gasteiger partial charge in [0.25, 0.3) is 0 Å². The van der Waals surface area contributed by atoms with E-state index in [1.165, 1.54) is 25.8 Å². The van der Waals surface area contributed by atoms with Gasteiger partial charge in [-0.15, -0.1) is 0 Å². The molecule has 0 spiro atoms. The Labute approximate surface area is 105 Å². The maximum atomic E-state index is 4.28. The Morgan fingerprint density at radius 1 is 1.24 bits per heavy atom. The van der Waals surface area contributed by atoms with Gasteiger partial charge in [-0.05, 0) is 32.1 Å². The molecule has 17 heavy (non-hydrogen) atoms. The van der Waals surface area contributed by atoms with Crippen LogP contribution in [0.3, 0.4) is 0 Å². The zero-order chi connectivity index (χ0) is 12.3. The Bertz CT molecular complexity index is 274. The van der Waals surface area contributed by atoms with Gasteiger partial charge < -0.3 is 10.2 Å². The van der Waals surface area contributed by atoms with Gasteiger partial charge in [0.1, 0.15) is 0 Å². The van der Waals surface area contributed by atoms with Gasteiger partial charge in [0.15, 0.2) is 0 Å². The van der Waals surface area contributed by atoms with E-state index < -0.39 is 0 Å². The standard InChI is InChI=1S/C14H25N3/c1-3-4-7-11-17(2)12-10-15-13-14-8-5-6-9-16-14/h5-6,8-9,15H,3-4,7,10-13H2,1-2H3. The van der Waals surface area contributed by atoms with E-state index in [0.717, 1.165) is 25.3 Å². The predicted octanol–water partition coefficient (Wildman–Crippen LogP) is 2.29. The second-order valence-corrected chi connectivity index (χ2v) is 4.51. The van der Waals surface area contributed by atoms with Crippen LogP contribution in [0, 0.1) is 0 Å². The number of nitrogens with one attached hydrogen (secondary N) is 1. The number of unbranched alkanes of at least 4 members (excludes halogenated alkanes) is 2. The Balaban J connectivity index is 2.00. The van der Waals surface area contributed by atoms with Crippen molar-refractivity contribution in [3.05, 3.63) is 30.1 Å². The fourth-order valence-corrected chi connectivity index (χ4v) is 1.73. The Hall–Kier alpha value is -0.930. The maximum Gasteiger partial charge on any atom is 0.0541 e. The monoisotopic (exact) mass is 235 g/mol. The molecule has 0 saturated carbocycles. The van der Waals surface area contributed by atoms with E-state index in [1.807, 2.05) is 18.3 Å². The zero-order valence-electron chi connectivity index (χ0n) is 11.2. The van der Waals surface area contributed by atoms with Crippen LogP contribution in [0.4, 0.5) is 0 Å². The maximum absolute atomic E-state index is 4.28. The van der Waals surface area contributed by atoms with Gasteiger partial charge >= 0.3 is 0 Å². The molecule has 3 nitrogen and oxygen atoms in total. The Morgan fingerprint density at radius 2 is 2.12 bits per heavy atom. The van der Waals surface area contributed by atoms with Crippen LogP contribution < -0.4 is 5.32 Å². The molecular weight excluding hydrogens is 210 g/mol. The summed E-state index contributed by atoms with van der Waals surface area (Å²) in [5.41, 5.74) is 1.11. The molecule has 0 fully saturated rings. The average Bonchev–Trinajstić information content (AvgIpc) is 2.36. The number of nitrogens with zero attached hydrogens (tertiary/aromatic N) is 2. The SMILES string of the molecule is CCCCCN(C)CCNCc1ccccn1. The topological polar surface area (TPSA) is 28.2 Å². The number of aromatic nitrogens is 1. The van der Waals surface area contributed by atoms with Gasteiger partial charge in [-0.1, -0.05) is 25.8 Å². The first-order valence-corrected chi connectivity index (χ1v) is 6.62. The van der Waals surface area contributed by atoms with Crippen molar-refractivity contribution in [1.29, 1.82) is 0 Å². The molecule has 0 atom stereocenters. The summed E-state index contributed by atoms with van der Waals surface area (Å²) in [5, 5.41) is 3.42. The van der Waals surface area contributed by atoms with Crippen LogP contribution >= 0.6 is 0 Å². The second kappa shape index (κ2) is 9.14. The van der Waals surface area contributed by atoms with Gasteiger partial charge in [0.05, 0.1) is 5.69 Å². The lowest BCUT2D eigenvalue weighted by Crippen LogP contribution is -2.29. The van der Waals surface area contributed by atoms with E-state index in [9.17, 15) is 0 Å². The summed E-state index contributed by atoms with van der Waals surface area (Å²) >= 11 is 0. The van der Waals surface area contributed by atoms with Crippen molar-refractivity contribution in [1.82, 2.24) is 15.2 Å². The molecule has 0 aromatic carbocycles. The molecule has 0 amide bonds. The number of hydrogen-bond donors (Lipinski definition) is 1. The Morgan fingerprint density at radius 3 is 2.82 bits per heavy atom. The Kier molecular flexibility index (Phi) is 7.60. The summed E-state index contributed by atoms with van der Waals surface area (Å²) in [6.45, 7) is 6.45. The summed E-state index contributed by atoms with van der Waals surface area (Å²) < 4.78 is 0. The number of rotatable bonds is 9. The van der Waals surface area contributed by atoms with E-state index in [2.05, 4.69) is 35.2 Å². The van der Waals surface area contributed by atoms with Gasteiger partial charge in [-0.25, -0.2) is 0 Å². The predicted molar refractivity (Wildman–Crippen MR) is 73.0 cm³/mol. The number of pyridine rings is 1. The lowest BCUT2D eigenvalue weighted by atomic mass is 10.2. The number of hydrogen-bond acceptors (Lipinski definition) is 3. The highest BCUT2D eigenvalue weighted by Crippen LogP contribution is 1.96. The fourth-order valence-electron chi connectivity index (χ4n) is 1.73. The molecule has 0 aliphatic carbocycles. The second-order valence-electron chi connectivity index (χ2n) is 4.51. The molecule has 0 unspecified atom stereocenters. The molecule has 1 N–H and O–H groups in total. The van der Waals surface area contributed by atoms with Gasteiger partial charge in [0, 0.05) is 25.8 Å². The van der Waals surface area contributed by atoms with E-state index >= 15 is 0 Å². The third kappa shape index (κ3) is 7.08. The molecule has 3 heteroatoms. The largest absolute Gasteiger partial charge is 0.310 e. The van der Waals surface area contributed by atoms with Crippen LogP contribution in [0.5, 0.6) is 0 Å². The molecule has 0 radical (unpaired) electrons. The fraction of sp³-hybridized carbons (Fsp3) is 0.643. The van der Waals surface area contributed by atoms with E-state index in [4.69, 9.17) is 0 Å². The quantitative estimate of drug-likeness (QED) is 0.666. The molecule has 1 rings (SSSR count). The first-order chi connectivity index (χ1) is 8.33. The van der Waals surface area contributed by atoms with Crippen LogP contribution in [-0.4, -0.2) is 36.6 Å². The summed E-state index contributed by atoms with van der Waals surface area (Å²) in [6.07, 6.45) is 5.79. The highest BCUT2D eigenvalue weighted by molar-refractivity contribution is 5.02. The average molecular weight is 235 g/mol. The van der Waals surface area contributed by atoms with E-state index in [1.54, 1.807) is 0 Å². The highest BCUT2D eigenvalue weighted by atomic mass is 15.1. The van der Waals surface area contributed by atoms with Gasteiger partial charge in [-0.3, -0.25) is 4.98 Å². The summed E-state index contributed by atoms with van der Waals surface area (Å²) in [7, 11) is 2.19. The van der Waals surface area contributed by atoms with Crippen molar-refractivity contribution in [2.24, 2.45) is 0 Å². The third-order valence-corrected chi connectivity index (χ3v) is 2.85. The van der Waals surface area contributed by atoms with Crippen molar-refractivity contribution in [3.8, 4) is 0 Å². The van der Waals surface area contributed by atoms with Crippen molar-refractivity contribution < 1.29 is 0 Å². The smallest absolute Gasteiger partial charge is 0.0541 e. The van der Waals surface area contributed by atoms with Crippen LogP contribution in [0.2, 0.25) is 0 Å². The van der Waals surface area contributed by atoms with Crippen LogP contribution in [0.25, 0.3) is 0 Å².